The summed E-state index contributed by atoms with van der Waals surface area (Å²) in [6.07, 6.45) is -4.25. The maximum absolute atomic E-state index is 12.7. The van der Waals surface area contributed by atoms with E-state index in [2.05, 4.69) is 15.6 Å². The molecule has 28 heavy (non-hydrogen) atoms. The van der Waals surface area contributed by atoms with Crippen molar-refractivity contribution in [3.63, 3.8) is 0 Å². The van der Waals surface area contributed by atoms with Gasteiger partial charge in [0.2, 0.25) is 11.7 Å². The lowest BCUT2D eigenvalue weighted by molar-refractivity contribution is -0.384. The lowest BCUT2D eigenvalue weighted by Gasteiger charge is -2.30. The van der Waals surface area contributed by atoms with Crippen LogP contribution in [-0.4, -0.2) is 48.4 Å². The Hall–Kier alpha value is -2.66. The summed E-state index contributed by atoms with van der Waals surface area (Å²) in [5.41, 5.74) is -0.766. The van der Waals surface area contributed by atoms with Gasteiger partial charge in [-0.05, 0) is 25.7 Å². The van der Waals surface area contributed by atoms with E-state index in [1.165, 1.54) is 7.05 Å². The van der Waals surface area contributed by atoms with Crippen molar-refractivity contribution in [3.05, 3.63) is 21.7 Å². The Morgan fingerprint density at radius 1 is 1.36 bits per heavy atom. The Morgan fingerprint density at radius 3 is 2.50 bits per heavy atom. The van der Waals surface area contributed by atoms with Crippen LogP contribution < -0.4 is 15.4 Å². The second kappa shape index (κ2) is 9.02. The fourth-order valence-electron chi connectivity index (χ4n) is 3.05. The molecule has 0 unspecified atom stereocenters. The number of carbonyl (C=O) groups is 1. The molecule has 2 N–H and O–H groups in total. The molecule has 0 saturated heterocycles. The molecule has 1 aromatic rings. The molecule has 0 bridgehead atoms. The molecule has 1 aliphatic carbocycles. The molecule has 1 aromatic heterocycles. The summed E-state index contributed by atoms with van der Waals surface area (Å²) < 4.78 is 55.8. The van der Waals surface area contributed by atoms with Crippen LogP contribution in [0, 0.1) is 16.0 Å². The van der Waals surface area contributed by atoms with Gasteiger partial charge in [0.25, 0.3) is 5.91 Å². The van der Waals surface area contributed by atoms with Gasteiger partial charge in [0, 0.05) is 19.2 Å². The Bertz CT molecular complexity index is 721. The molecule has 1 aliphatic rings. The van der Waals surface area contributed by atoms with E-state index in [9.17, 15) is 32.5 Å². The van der Waals surface area contributed by atoms with Gasteiger partial charge in [0.05, 0.1) is 10.8 Å². The Balaban J connectivity index is 2.19. The van der Waals surface area contributed by atoms with Crippen LogP contribution in [0.5, 0.6) is 5.88 Å². The highest BCUT2D eigenvalue weighted by atomic mass is 19.4. The van der Waals surface area contributed by atoms with Crippen molar-refractivity contribution in [3.8, 4) is 5.88 Å². The van der Waals surface area contributed by atoms with Gasteiger partial charge < -0.3 is 15.4 Å². The van der Waals surface area contributed by atoms with Gasteiger partial charge in [-0.25, -0.2) is 4.39 Å². The van der Waals surface area contributed by atoms with Gasteiger partial charge in [0.15, 0.2) is 0 Å². The average molecular weight is 408 g/mol. The molecule has 1 fully saturated rings. The zero-order chi connectivity index (χ0) is 20.9. The SMILES string of the molecule is CNc1nc(OCCF)c(C(=O)NC2CCC(C(F)(F)F)CC2)cc1[N+](=O)[O-]. The molecule has 156 valence electrons. The summed E-state index contributed by atoms with van der Waals surface area (Å²) in [5, 5.41) is 16.2. The smallest absolute Gasteiger partial charge is 0.391 e. The molecular formula is C16H20F4N4O4. The van der Waals surface area contributed by atoms with E-state index in [-0.39, 0.29) is 42.9 Å². The maximum atomic E-state index is 12.7. The number of nitro groups is 1. The summed E-state index contributed by atoms with van der Waals surface area (Å²) in [6, 6.07) is 0.437. The Labute approximate surface area is 157 Å². The van der Waals surface area contributed by atoms with Crippen LogP contribution in [0.15, 0.2) is 6.07 Å². The molecule has 2 rings (SSSR count). The largest absolute Gasteiger partial charge is 0.474 e. The summed E-state index contributed by atoms with van der Waals surface area (Å²) in [5.74, 6) is -2.64. The minimum absolute atomic E-state index is 0.114. The molecule has 0 aromatic carbocycles. The normalized spacial score (nSPS) is 19.8. The van der Waals surface area contributed by atoms with E-state index in [1.807, 2.05) is 0 Å². The first-order valence-corrected chi connectivity index (χ1v) is 8.60. The Kier molecular flexibility index (Phi) is 6.97. The molecule has 0 radical (unpaired) electrons. The van der Waals surface area contributed by atoms with E-state index >= 15 is 0 Å². The van der Waals surface area contributed by atoms with Crippen molar-refractivity contribution in [2.24, 2.45) is 5.92 Å². The number of hydrogen-bond acceptors (Lipinski definition) is 6. The highest BCUT2D eigenvalue weighted by Gasteiger charge is 2.41. The van der Waals surface area contributed by atoms with Crippen LogP contribution in [0.25, 0.3) is 0 Å². The van der Waals surface area contributed by atoms with Crippen LogP contribution in [0.3, 0.4) is 0 Å². The number of amides is 1. The molecule has 0 aliphatic heterocycles. The highest BCUT2D eigenvalue weighted by Crippen LogP contribution is 2.37. The third kappa shape index (κ3) is 5.20. The summed E-state index contributed by atoms with van der Waals surface area (Å²) >= 11 is 0. The lowest BCUT2D eigenvalue weighted by atomic mass is 9.85. The van der Waals surface area contributed by atoms with Crippen molar-refractivity contribution in [1.82, 2.24) is 10.3 Å². The van der Waals surface area contributed by atoms with Gasteiger partial charge in [-0.2, -0.15) is 18.2 Å². The predicted molar refractivity (Wildman–Crippen MR) is 91.2 cm³/mol. The zero-order valence-corrected chi connectivity index (χ0v) is 15.0. The van der Waals surface area contributed by atoms with Crippen molar-refractivity contribution in [2.45, 2.75) is 37.9 Å². The van der Waals surface area contributed by atoms with Gasteiger partial charge in [0.1, 0.15) is 18.8 Å². The van der Waals surface area contributed by atoms with E-state index in [1.54, 1.807) is 0 Å². The molecule has 0 atom stereocenters. The first-order chi connectivity index (χ1) is 13.2. The van der Waals surface area contributed by atoms with E-state index in [0.29, 0.717) is 0 Å². The fraction of sp³-hybridized carbons (Fsp3) is 0.625. The minimum Gasteiger partial charge on any atom is -0.474 e. The van der Waals surface area contributed by atoms with Gasteiger partial charge in [-0.15, -0.1) is 0 Å². The number of anilines is 1. The summed E-state index contributed by atoms with van der Waals surface area (Å²) in [4.78, 5) is 26.9. The first-order valence-electron chi connectivity index (χ1n) is 8.60. The minimum atomic E-state index is -4.27. The molecule has 0 spiro atoms. The number of alkyl halides is 4. The fourth-order valence-corrected chi connectivity index (χ4v) is 3.05. The van der Waals surface area contributed by atoms with E-state index < -0.39 is 47.9 Å². The van der Waals surface area contributed by atoms with Crippen molar-refractivity contribution >= 4 is 17.4 Å². The zero-order valence-electron chi connectivity index (χ0n) is 15.0. The number of pyridine rings is 1. The van der Waals surface area contributed by atoms with Crippen LogP contribution in [0.4, 0.5) is 29.1 Å². The molecule has 1 amide bonds. The van der Waals surface area contributed by atoms with Gasteiger partial charge in [-0.3, -0.25) is 14.9 Å². The third-order valence-electron chi connectivity index (χ3n) is 4.49. The van der Waals surface area contributed by atoms with E-state index in [4.69, 9.17) is 4.74 Å². The van der Waals surface area contributed by atoms with Crippen molar-refractivity contribution < 1.29 is 32.0 Å². The second-order valence-electron chi connectivity index (χ2n) is 6.32. The van der Waals surface area contributed by atoms with Gasteiger partial charge >= 0.3 is 11.9 Å². The lowest BCUT2D eigenvalue weighted by Crippen LogP contribution is -2.40. The van der Waals surface area contributed by atoms with Crippen molar-refractivity contribution in [1.29, 1.82) is 0 Å². The summed E-state index contributed by atoms with van der Waals surface area (Å²) in [6.45, 7) is -1.28. The quantitative estimate of drug-likeness (QED) is 0.408. The molecule has 12 heteroatoms. The number of nitrogens with zero attached hydrogens (tertiary/aromatic N) is 2. The number of ether oxygens (including phenoxy) is 1. The molecular weight excluding hydrogens is 388 g/mol. The van der Waals surface area contributed by atoms with Crippen LogP contribution in [0.2, 0.25) is 0 Å². The van der Waals surface area contributed by atoms with Crippen LogP contribution >= 0.6 is 0 Å². The van der Waals surface area contributed by atoms with Crippen LogP contribution in [-0.2, 0) is 0 Å². The second-order valence-corrected chi connectivity index (χ2v) is 6.32. The first kappa shape index (κ1) is 21.6. The van der Waals surface area contributed by atoms with Gasteiger partial charge in [-0.1, -0.05) is 0 Å². The van der Waals surface area contributed by atoms with Crippen LogP contribution in [0.1, 0.15) is 36.0 Å². The van der Waals surface area contributed by atoms with E-state index in [0.717, 1.165) is 6.07 Å². The maximum Gasteiger partial charge on any atom is 0.391 e. The average Bonchev–Trinajstić information content (AvgIpc) is 2.65. The predicted octanol–water partition coefficient (Wildman–Crippen LogP) is 3.23. The summed E-state index contributed by atoms with van der Waals surface area (Å²) in [7, 11) is 1.38. The topological polar surface area (TPSA) is 106 Å². The molecule has 1 heterocycles. The number of nitrogens with one attached hydrogen (secondary N) is 2. The molecule has 8 nitrogen and oxygen atoms in total. The highest BCUT2D eigenvalue weighted by molar-refractivity contribution is 5.97. The van der Waals surface area contributed by atoms with Crippen molar-refractivity contribution in [2.75, 3.05) is 25.6 Å². The third-order valence-corrected chi connectivity index (χ3v) is 4.49. The number of rotatable bonds is 7. The molecule has 1 saturated carbocycles. The number of carbonyl (C=O) groups excluding carboxylic acids is 1. The number of halogens is 4. The monoisotopic (exact) mass is 408 g/mol. The Morgan fingerprint density at radius 2 is 2.00 bits per heavy atom. The number of aromatic nitrogens is 1. The number of hydrogen-bond donors (Lipinski definition) is 2. The standard InChI is InChI=1S/C16H20F4N4O4/c1-21-13-12(24(26)27)8-11(15(23-13)28-7-6-17)14(25)22-10-4-2-9(3-5-10)16(18,19)20/h8-10H,2-7H2,1H3,(H,21,23)(H,22,25).